The van der Waals surface area contributed by atoms with Crippen LogP contribution < -0.4 is 0 Å². The number of carbonyl (C=O) groups is 2. The van der Waals surface area contributed by atoms with Gasteiger partial charge in [-0.05, 0) is 25.2 Å². The molecule has 2 bridgehead atoms. The Labute approximate surface area is 65.3 Å². The molecule has 58 valence electrons. The fourth-order valence-electron chi connectivity index (χ4n) is 2.27. The van der Waals surface area contributed by atoms with Gasteiger partial charge in [-0.1, -0.05) is 6.08 Å². The van der Waals surface area contributed by atoms with E-state index in [0.717, 1.165) is 37.4 Å². The average molecular weight is 150 g/mol. The molecule has 0 saturated heterocycles. The lowest BCUT2D eigenvalue weighted by Gasteiger charge is -2.18. The molecule has 0 heterocycles. The van der Waals surface area contributed by atoms with E-state index < -0.39 is 0 Å². The predicted molar refractivity (Wildman–Crippen MR) is 40.0 cm³/mol. The van der Waals surface area contributed by atoms with E-state index in [1.807, 2.05) is 6.08 Å². The summed E-state index contributed by atoms with van der Waals surface area (Å²) in [5.74, 6) is 0.500. The fourth-order valence-corrected chi connectivity index (χ4v) is 2.27. The molecule has 0 N–H and O–H groups in total. The highest BCUT2D eigenvalue weighted by Gasteiger charge is 2.46. The molecule has 0 aromatic carbocycles. The third-order valence-corrected chi connectivity index (χ3v) is 2.93. The van der Waals surface area contributed by atoms with Gasteiger partial charge in [0.05, 0.1) is 5.41 Å². The van der Waals surface area contributed by atoms with Crippen molar-refractivity contribution in [3.63, 3.8) is 0 Å². The molecule has 2 atom stereocenters. The van der Waals surface area contributed by atoms with Crippen molar-refractivity contribution in [3.05, 3.63) is 11.6 Å². The van der Waals surface area contributed by atoms with Gasteiger partial charge >= 0.3 is 0 Å². The van der Waals surface area contributed by atoms with E-state index in [9.17, 15) is 9.59 Å². The number of rotatable bonds is 2. The Balaban J connectivity index is 2.41. The number of fused-ring (bicyclic) bond motifs is 2. The van der Waals surface area contributed by atoms with Gasteiger partial charge in [0.2, 0.25) is 0 Å². The normalized spacial score (nSPS) is 40.4. The lowest BCUT2D eigenvalue weighted by molar-refractivity contribution is -0.116. The Morgan fingerprint density at radius 2 is 2.36 bits per heavy atom. The quantitative estimate of drug-likeness (QED) is 0.552. The molecule has 2 heteroatoms. The smallest absolute Gasteiger partial charge is 0.146 e. The van der Waals surface area contributed by atoms with Gasteiger partial charge in [0.25, 0.3) is 0 Å². The summed E-state index contributed by atoms with van der Waals surface area (Å²) in [5, 5.41) is 0. The van der Waals surface area contributed by atoms with Crippen LogP contribution in [0.5, 0.6) is 0 Å². The minimum atomic E-state index is -0.369. The highest BCUT2D eigenvalue weighted by Crippen LogP contribution is 2.51. The van der Waals surface area contributed by atoms with Crippen LogP contribution in [-0.4, -0.2) is 12.6 Å². The Hall–Kier alpha value is -0.920. The van der Waals surface area contributed by atoms with Gasteiger partial charge in [-0.25, -0.2) is 0 Å². The second-order valence-corrected chi connectivity index (χ2v) is 3.52. The molecule has 1 fully saturated rings. The lowest BCUT2D eigenvalue weighted by Crippen LogP contribution is -2.20. The number of allylic oxidation sites excluding steroid dienone is 2. The standard InChI is InChI=1S/C9H10O2/c10-5-8-3-7-1-2-9(8,4-7)6-11/h3,5-7H,1-2,4H2. The molecule has 2 nitrogen and oxygen atoms in total. The summed E-state index contributed by atoms with van der Waals surface area (Å²) < 4.78 is 0. The molecule has 2 rings (SSSR count). The summed E-state index contributed by atoms with van der Waals surface area (Å²) >= 11 is 0. The van der Waals surface area contributed by atoms with Crippen molar-refractivity contribution >= 4 is 12.6 Å². The van der Waals surface area contributed by atoms with Crippen LogP contribution in [-0.2, 0) is 9.59 Å². The molecule has 0 aromatic heterocycles. The minimum absolute atomic E-state index is 0.369. The zero-order valence-corrected chi connectivity index (χ0v) is 6.25. The van der Waals surface area contributed by atoms with Gasteiger partial charge in [0, 0.05) is 5.57 Å². The van der Waals surface area contributed by atoms with Crippen LogP contribution >= 0.6 is 0 Å². The Bertz CT molecular complexity index is 242. The van der Waals surface area contributed by atoms with Gasteiger partial charge in [-0.3, -0.25) is 4.79 Å². The van der Waals surface area contributed by atoms with Crippen LogP contribution in [0.1, 0.15) is 19.3 Å². The average Bonchev–Trinajstić information content (AvgIpc) is 2.60. The fraction of sp³-hybridized carbons (Fsp3) is 0.556. The van der Waals surface area contributed by atoms with E-state index in [4.69, 9.17) is 0 Å². The molecule has 0 aromatic rings. The molecule has 0 aliphatic heterocycles. The van der Waals surface area contributed by atoms with Crippen molar-refractivity contribution in [2.24, 2.45) is 11.3 Å². The number of hydrogen-bond donors (Lipinski definition) is 0. The zero-order valence-electron chi connectivity index (χ0n) is 6.25. The van der Waals surface area contributed by atoms with Gasteiger partial charge < -0.3 is 4.79 Å². The minimum Gasteiger partial charge on any atom is -0.302 e. The molecule has 2 unspecified atom stereocenters. The summed E-state index contributed by atoms with van der Waals surface area (Å²) in [6.07, 6.45) is 6.60. The van der Waals surface area contributed by atoms with Gasteiger partial charge in [0.15, 0.2) is 0 Å². The molecule has 0 spiro atoms. The van der Waals surface area contributed by atoms with Crippen molar-refractivity contribution in [3.8, 4) is 0 Å². The summed E-state index contributed by atoms with van der Waals surface area (Å²) in [4.78, 5) is 21.3. The molecule has 1 saturated carbocycles. The van der Waals surface area contributed by atoms with E-state index in [1.165, 1.54) is 0 Å². The summed E-state index contributed by atoms with van der Waals surface area (Å²) in [6, 6.07) is 0. The second kappa shape index (κ2) is 2.03. The molecular weight excluding hydrogens is 140 g/mol. The number of carbonyl (C=O) groups excluding carboxylic acids is 2. The maximum atomic E-state index is 10.8. The Morgan fingerprint density at radius 1 is 1.55 bits per heavy atom. The SMILES string of the molecule is O=CC1=CC2CCC1(C=O)C2. The lowest BCUT2D eigenvalue weighted by atomic mass is 9.83. The van der Waals surface area contributed by atoms with E-state index in [-0.39, 0.29) is 5.41 Å². The van der Waals surface area contributed by atoms with Crippen molar-refractivity contribution in [1.29, 1.82) is 0 Å². The second-order valence-electron chi connectivity index (χ2n) is 3.52. The number of hydrogen-bond acceptors (Lipinski definition) is 2. The van der Waals surface area contributed by atoms with Crippen molar-refractivity contribution in [2.45, 2.75) is 19.3 Å². The third kappa shape index (κ3) is 0.724. The molecule has 0 radical (unpaired) electrons. The van der Waals surface area contributed by atoms with Gasteiger partial charge in [0.1, 0.15) is 12.6 Å². The molecule has 11 heavy (non-hydrogen) atoms. The highest BCUT2D eigenvalue weighted by atomic mass is 16.1. The monoisotopic (exact) mass is 150 g/mol. The van der Waals surface area contributed by atoms with E-state index in [1.54, 1.807) is 0 Å². The van der Waals surface area contributed by atoms with E-state index in [2.05, 4.69) is 0 Å². The van der Waals surface area contributed by atoms with Crippen LogP contribution in [0.25, 0.3) is 0 Å². The van der Waals surface area contributed by atoms with Crippen LogP contribution in [0.15, 0.2) is 11.6 Å². The molecule has 2 aliphatic carbocycles. The van der Waals surface area contributed by atoms with Crippen LogP contribution in [0.2, 0.25) is 0 Å². The topological polar surface area (TPSA) is 34.1 Å². The van der Waals surface area contributed by atoms with Gasteiger partial charge in [-0.15, -0.1) is 0 Å². The zero-order chi connectivity index (χ0) is 7.90. The Morgan fingerprint density at radius 3 is 2.82 bits per heavy atom. The van der Waals surface area contributed by atoms with Crippen molar-refractivity contribution in [1.82, 2.24) is 0 Å². The first kappa shape index (κ1) is 6.77. The summed E-state index contributed by atoms with van der Waals surface area (Å²) in [7, 11) is 0. The third-order valence-electron chi connectivity index (χ3n) is 2.93. The first-order chi connectivity index (χ1) is 5.30. The van der Waals surface area contributed by atoms with Crippen LogP contribution in [0.4, 0.5) is 0 Å². The predicted octanol–water partition coefficient (Wildman–Crippen LogP) is 1.11. The first-order valence-corrected chi connectivity index (χ1v) is 3.94. The summed E-state index contributed by atoms with van der Waals surface area (Å²) in [5.41, 5.74) is 0.357. The largest absolute Gasteiger partial charge is 0.302 e. The van der Waals surface area contributed by atoms with Crippen LogP contribution in [0.3, 0.4) is 0 Å². The van der Waals surface area contributed by atoms with E-state index >= 15 is 0 Å². The Kier molecular flexibility index (Phi) is 1.25. The highest BCUT2D eigenvalue weighted by molar-refractivity contribution is 5.86. The first-order valence-electron chi connectivity index (χ1n) is 3.94. The van der Waals surface area contributed by atoms with Crippen LogP contribution in [0, 0.1) is 11.3 Å². The molecule has 0 amide bonds. The maximum Gasteiger partial charge on any atom is 0.146 e. The van der Waals surface area contributed by atoms with Crippen molar-refractivity contribution in [2.75, 3.05) is 0 Å². The summed E-state index contributed by atoms with van der Waals surface area (Å²) in [6.45, 7) is 0. The number of aldehydes is 2. The van der Waals surface area contributed by atoms with Crippen molar-refractivity contribution < 1.29 is 9.59 Å². The van der Waals surface area contributed by atoms with Gasteiger partial charge in [-0.2, -0.15) is 0 Å². The molecular formula is C9H10O2. The maximum absolute atomic E-state index is 10.8. The molecule has 2 aliphatic rings. The van der Waals surface area contributed by atoms with E-state index in [0.29, 0.717) is 5.92 Å².